The average Bonchev–Trinajstić information content (AvgIpc) is 2.57. The molecule has 2 aromatic carbocycles. The lowest BCUT2D eigenvalue weighted by molar-refractivity contribution is 0.758. The molecule has 1 heterocycles. The van der Waals surface area contributed by atoms with E-state index in [1.807, 2.05) is 30.3 Å². The van der Waals surface area contributed by atoms with E-state index in [0.29, 0.717) is 16.6 Å². The van der Waals surface area contributed by atoms with E-state index in [2.05, 4.69) is 0 Å². The Morgan fingerprint density at radius 1 is 0.958 bits per heavy atom. The Bertz CT molecular complexity index is 1000. The second-order valence-corrected chi connectivity index (χ2v) is 6.20. The molecule has 0 N–H and O–H groups in total. The van der Waals surface area contributed by atoms with Crippen molar-refractivity contribution in [1.29, 1.82) is 5.26 Å². The van der Waals surface area contributed by atoms with Crippen molar-refractivity contribution < 1.29 is 0 Å². The van der Waals surface area contributed by atoms with Gasteiger partial charge in [-0.3, -0.25) is 4.79 Å². The third-order valence-electron chi connectivity index (χ3n) is 3.61. The maximum Gasteiger partial charge on any atom is 0.268 e. The van der Waals surface area contributed by atoms with Gasteiger partial charge in [-0.1, -0.05) is 47.5 Å². The fraction of sp³-hybridized carbons (Fsp3) is 0.0526. The summed E-state index contributed by atoms with van der Waals surface area (Å²) in [5.41, 5.74) is 2.25. The fourth-order valence-corrected chi connectivity index (χ4v) is 2.89. The number of benzene rings is 2. The Morgan fingerprint density at radius 3 is 2.33 bits per heavy atom. The summed E-state index contributed by atoms with van der Waals surface area (Å²) in [5, 5.41) is 10.5. The normalized spacial score (nSPS) is 10.4. The number of nitriles is 1. The van der Waals surface area contributed by atoms with E-state index in [-0.39, 0.29) is 11.1 Å². The van der Waals surface area contributed by atoms with Gasteiger partial charge in [0.15, 0.2) is 0 Å². The minimum absolute atomic E-state index is 0.0921. The first kappa shape index (κ1) is 16.3. The van der Waals surface area contributed by atoms with Gasteiger partial charge in [-0.2, -0.15) is 5.26 Å². The smallest absolute Gasteiger partial charge is 0.268 e. The van der Waals surface area contributed by atoms with Crippen LogP contribution in [0.15, 0.2) is 65.6 Å². The molecule has 0 aliphatic rings. The number of rotatable bonds is 3. The molecule has 3 nitrogen and oxygen atoms in total. The number of aromatic nitrogens is 1. The van der Waals surface area contributed by atoms with Gasteiger partial charge in [-0.05, 0) is 47.0 Å². The summed E-state index contributed by atoms with van der Waals surface area (Å²) in [6.07, 6.45) is 1.73. The van der Waals surface area contributed by atoms with E-state index >= 15 is 0 Å². The molecule has 0 aliphatic heterocycles. The molecule has 0 radical (unpaired) electrons. The summed E-state index contributed by atoms with van der Waals surface area (Å²) in [7, 11) is 0. The van der Waals surface area contributed by atoms with Crippen LogP contribution < -0.4 is 5.56 Å². The zero-order valence-corrected chi connectivity index (χ0v) is 14.1. The molecule has 0 unspecified atom stereocenters. The van der Waals surface area contributed by atoms with Gasteiger partial charge < -0.3 is 4.57 Å². The lowest BCUT2D eigenvalue weighted by Crippen LogP contribution is -2.22. The van der Waals surface area contributed by atoms with Gasteiger partial charge in [-0.25, -0.2) is 0 Å². The molecule has 0 bridgehead atoms. The topological polar surface area (TPSA) is 45.8 Å². The molecule has 0 spiro atoms. The molecule has 0 amide bonds. The Hall–Kier alpha value is -2.54. The zero-order chi connectivity index (χ0) is 17.1. The van der Waals surface area contributed by atoms with Crippen LogP contribution in [0.1, 0.15) is 11.1 Å². The van der Waals surface area contributed by atoms with Gasteiger partial charge in [-0.15, -0.1) is 0 Å². The van der Waals surface area contributed by atoms with Crippen molar-refractivity contribution in [3.63, 3.8) is 0 Å². The highest BCUT2D eigenvalue weighted by molar-refractivity contribution is 6.31. The van der Waals surface area contributed by atoms with Crippen LogP contribution in [0, 0.1) is 11.3 Å². The maximum absolute atomic E-state index is 12.4. The molecule has 0 saturated carbocycles. The van der Waals surface area contributed by atoms with E-state index in [9.17, 15) is 10.1 Å². The number of halogens is 2. The molecule has 0 saturated heterocycles. The monoisotopic (exact) mass is 354 g/mol. The highest BCUT2D eigenvalue weighted by atomic mass is 35.5. The molecule has 24 heavy (non-hydrogen) atoms. The summed E-state index contributed by atoms with van der Waals surface area (Å²) >= 11 is 12.0. The van der Waals surface area contributed by atoms with Crippen LogP contribution in [-0.2, 0) is 6.54 Å². The molecular formula is C19H12Cl2N2O. The van der Waals surface area contributed by atoms with Gasteiger partial charge >= 0.3 is 0 Å². The third-order valence-corrected chi connectivity index (χ3v) is 4.08. The molecular weight excluding hydrogens is 343 g/mol. The lowest BCUT2D eigenvalue weighted by atomic mass is 10.1. The van der Waals surface area contributed by atoms with Crippen LogP contribution in [0.4, 0.5) is 0 Å². The number of nitrogens with zero attached hydrogens (tertiary/aromatic N) is 2. The van der Waals surface area contributed by atoms with Crippen LogP contribution in [0.25, 0.3) is 11.1 Å². The SMILES string of the molecule is N#Cc1cc(-c2cccc(Cl)c2)cn(Cc2cccc(Cl)c2)c1=O. The minimum atomic E-state index is -0.330. The summed E-state index contributed by atoms with van der Waals surface area (Å²) in [4.78, 5) is 12.4. The number of hydrogen-bond donors (Lipinski definition) is 0. The first-order valence-electron chi connectivity index (χ1n) is 7.22. The number of pyridine rings is 1. The van der Waals surface area contributed by atoms with Crippen molar-refractivity contribution in [2.24, 2.45) is 0 Å². The van der Waals surface area contributed by atoms with Crippen molar-refractivity contribution in [3.05, 3.63) is 92.3 Å². The van der Waals surface area contributed by atoms with Crippen LogP contribution in [0.2, 0.25) is 10.0 Å². The molecule has 5 heteroatoms. The molecule has 118 valence electrons. The van der Waals surface area contributed by atoms with Crippen molar-refractivity contribution in [2.45, 2.75) is 6.54 Å². The summed E-state index contributed by atoms with van der Waals surface area (Å²) in [5.74, 6) is 0. The van der Waals surface area contributed by atoms with Gasteiger partial charge in [0.2, 0.25) is 0 Å². The largest absolute Gasteiger partial charge is 0.309 e. The van der Waals surface area contributed by atoms with Crippen molar-refractivity contribution in [1.82, 2.24) is 4.57 Å². The van der Waals surface area contributed by atoms with E-state index in [1.165, 1.54) is 4.57 Å². The van der Waals surface area contributed by atoms with Crippen LogP contribution in [0.3, 0.4) is 0 Å². The van der Waals surface area contributed by atoms with Gasteiger partial charge in [0.1, 0.15) is 11.6 Å². The van der Waals surface area contributed by atoms with Crippen molar-refractivity contribution >= 4 is 23.2 Å². The Labute approximate surface area is 149 Å². The van der Waals surface area contributed by atoms with E-state index in [4.69, 9.17) is 23.2 Å². The highest BCUT2D eigenvalue weighted by Crippen LogP contribution is 2.23. The van der Waals surface area contributed by atoms with Gasteiger partial charge in [0.25, 0.3) is 5.56 Å². The lowest BCUT2D eigenvalue weighted by Gasteiger charge is -2.10. The Balaban J connectivity index is 2.10. The first-order valence-corrected chi connectivity index (χ1v) is 7.97. The predicted octanol–water partition coefficient (Wildman–Crippen LogP) is 4.74. The minimum Gasteiger partial charge on any atom is -0.309 e. The molecule has 0 fully saturated rings. The second kappa shape index (κ2) is 6.92. The quantitative estimate of drug-likeness (QED) is 0.681. The van der Waals surface area contributed by atoms with E-state index in [0.717, 1.165) is 16.7 Å². The predicted molar refractivity (Wildman–Crippen MR) is 96.4 cm³/mol. The molecule has 0 atom stereocenters. The van der Waals surface area contributed by atoms with Crippen molar-refractivity contribution in [3.8, 4) is 17.2 Å². The maximum atomic E-state index is 12.4. The summed E-state index contributed by atoms with van der Waals surface area (Å²) < 4.78 is 1.51. The molecule has 3 rings (SSSR count). The number of hydrogen-bond acceptors (Lipinski definition) is 2. The molecule has 1 aromatic heterocycles. The summed E-state index contributed by atoms with van der Waals surface area (Å²) in [6, 6.07) is 18.1. The van der Waals surface area contributed by atoms with E-state index < -0.39 is 0 Å². The summed E-state index contributed by atoms with van der Waals surface area (Å²) in [6.45, 7) is 0.336. The van der Waals surface area contributed by atoms with E-state index in [1.54, 1.807) is 36.5 Å². The van der Waals surface area contributed by atoms with Gasteiger partial charge in [0, 0.05) is 16.2 Å². The Morgan fingerprint density at radius 2 is 1.67 bits per heavy atom. The first-order chi connectivity index (χ1) is 11.6. The third kappa shape index (κ3) is 3.51. The standard InChI is InChI=1S/C19H12Cl2N2O/c20-17-5-1-3-13(7-17)11-23-12-16(8-15(10-22)19(23)24)14-4-2-6-18(21)9-14/h1-9,12H,11H2. The van der Waals surface area contributed by atoms with Crippen LogP contribution in [0.5, 0.6) is 0 Å². The second-order valence-electron chi connectivity index (χ2n) is 5.33. The van der Waals surface area contributed by atoms with Crippen LogP contribution >= 0.6 is 23.2 Å². The van der Waals surface area contributed by atoms with Crippen molar-refractivity contribution in [2.75, 3.05) is 0 Å². The highest BCUT2D eigenvalue weighted by Gasteiger charge is 2.09. The fourth-order valence-electron chi connectivity index (χ4n) is 2.49. The average molecular weight is 355 g/mol. The molecule has 3 aromatic rings. The Kier molecular flexibility index (Phi) is 4.71. The van der Waals surface area contributed by atoms with Crippen LogP contribution in [-0.4, -0.2) is 4.57 Å². The zero-order valence-electron chi connectivity index (χ0n) is 12.5. The molecule has 0 aliphatic carbocycles. The van der Waals surface area contributed by atoms with Gasteiger partial charge in [0.05, 0.1) is 6.54 Å².